The van der Waals surface area contributed by atoms with Crippen LogP contribution < -0.4 is 0 Å². The van der Waals surface area contributed by atoms with Crippen molar-refractivity contribution in [3.63, 3.8) is 0 Å². The normalized spacial score (nSPS) is 28.1. The first-order chi connectivity index (χ1) is 8.20. The van der Waals surface area contributed by atoms with E-state index < -0.39 is 5.97 Å². The van der Waals surface area contributed by atoms with E-state index in [9.17, 15) is 9.90 Å². The van der Waals surface area contributed by atoms with Gasteiger partial charge in [-0.15, -0.1) is 0 Å². The first kappa shape index (κ1) is 12.4. The van der Waals surface area contributed by atoms with Gasteiger partial charge in [-0.25, -0.2) is 4.79 Å². The first-order valence-electron chi connectivity index (χ1n) is 6.33. The fourth-order valence-electron chi connectivity index (χ4n) is 3.22. The van der Waals surface area contributed by atoms with Crippen molar-refractivity contribution in [1.82, 2.24) is 0 Å². The number of aliphatic carboxylic acids is 1. The molecule has 3 heteroatoms. The molecule has 0 amide bonds. The van der Waals surface area contributed by atoms with Crippen LogP contribution in [0.25, 0.3) is 0 Å². The Morgan fingerprint density at radius 1 is 1.47 bits per heavy atom. The molecule has 0 aromatic carbocycles. The lowest BCUT2D eigenvalue weighted by Crippen LogP contribution is -2.28. The standard InChI is InChI=1S/C14H20O3/c1-17-10-9-14(11-5-2-3-6-11)8-4-7-12(14)13(15)16/h5,7H,2-4,6,8-10H2,1H3,(H,15,16). The second-order valence-electron chi connectivity index (χ2n) is 4.91. The maximum Gasteiger partial charge on any atom is 0.332 e. The maximum atomic E-state index is 11.4. The number of methoxy groups -OCH3 is 1. The highest BCUT2D eigenvalue weighted by molar-refractivity contribution is 5.89. The number of hydrogen-bond donors (Lipinski definition) is 1. The summed E-state index contributed by atoms with van der Waals surface area (Å²) in [6.07, 6.45) is 10.1. The maximum absolute atomic E-state index is 11.4. The quantitative estimate of drug-likeness (QED) is 0.746. The van der Waals surface area contributed by atoms with E-state index in [-0.39, 0.29) is 5.41 Å². The molecule has 1 N–H and O–H groups in total. The van der Waals surface area contributed by atoms with Gasteiger partial charge in [-0.05, 0) is 38.5 Å². The Balaban J connectivity index is 2.30. The average Bonchev–Trinajstić information content (AvgIpc) is 2.95. The zero-order valence-corrected chi connectivity index (χ0v) is 10.4. The number of carbonyl (C=O) groups is 1. The highest BCUT2D eigenvalue weighted by atomic mass is 16.5. The molecule has 0 bridgehead atoms. The van der Waals surface area contributed by atoms with Gasteiger partial charge in [0.15, 0.2) is 0 Å². The van der Waals surface area contributed by atoms with Gasteiger partial charge in [0.1, 0.15) is 0 Å². The van der Waals surface area contributed by atoms with Crippen LogP contribution in [0.2, 0.25) is 0 Å². The van der Waals surface area contributed by atoms with Crippen molar-refractivity contribution in [3.8, 4) is 0 Å². The van der Waals surface area contributed by atoms with Gasteiger partial charge in [0.2, 0.25) is 0 Å². The van der Waals surface area contributed by atoms with Crippen LogP contribution in [0.5, 0.6) is 0 Å². The molecule has 0 aromatic rings. The fourth-order valence-corrected chi connectivity index (χ4v) is 3.22. The summed E-state index contributed by atoms with van der Waals surface area (Å²) in [5.74, 6) is -0.758. The molecule has 1 atom stereocenters. The summed E-state index contributed by atoms with van der Waals surface area (Å²) in [5, 5.41) is 9.37. The van der Waals surface area contributed by atoms with Crippen LogP contribution in [0.4, 0.5) is 0 Å². The SMILES string of the molecule is COCCC1(C2=CCCC2)CCC=C1C(=O)O. The number of ether oxygens (including phenoxy) is 1. The number of allylic oxidation sites excluding steroid dienone is 3. The van der Waals surface area contributed by atoms with E-state index in [0.29, 0.717) is 12.2 Å². The summed E-state index contributed by atoms with van der Waals surface area (Å²) in [5.41, 5.74) is 1.70. The van der Waals surface area contributed by atoms with Crippen molar-refractivity contribution >= 4 is 5.97 Å². The Morgan fingerprint density at radius 3 is 2.88 bits per heavy atom. The van der Waals surface area contributed by atoms with Gasteiger partial charge in [-0.2, -0.15) is 0 Å². The van der Waals surface area contributed by atoms with Crippen molar-refractivity contribution in [3.05, 3.63) is 23.3 Å². The van der Waals surface area contributed by atoms with Gasteiger partial charge in [-0.3, -0.25) is 0 Å². The van der Waals surface area contributed by atoms with Gasteiger partial charge < -0.3 is 9.84 Å². The molecular formula is C14H20O3. The summed E-state index contributed by atoms with van der Waals surface area (Å²) < 4.78 is 5.17. The Hall–Kier alpha value is -1.09. The van der Waals surface area contributed by atoms with Crippen LogP contribution in [-0.2, 0) is 9.53 Å². The van der Waals surface area contributed by atoms with Crippen LogP contribution in [0.1, 0.15) is 38.5 Å². The van der Waals surface area contributed by atoms with E-state index in [0.717, 1.165) is 38.5 Å². The van der Waals surface area contributed by atoms with Gasteiger partial charge in [-0.1, -0.05) is 17.7 Å². The molecule has 3 nitrogen and oxygen atoms in total. The highest BCUT2D eigenvalue weighted by Crippen LogP contribution is 2.51. The summed E-state index contributed by atoms with van der Waals surface area (Å²) >= 11 is 0. The molecule has 0 aromatic heterocycles. The summed E-state index contributed by atoms with van der Waals surface area (Å²) in [6, 6.07) is 0. The molecule has 0 spiro atoms. The molecule has 2 rings (SSSR count). The van der Waals surface area contributed by atoms with Crippen LogP contribution in [0, 0.1) is 5.41 Å². The van der Waals surface area contributed by atoms with Crippen LogP contribution in [-0.4, -0.2) is 24.8 Å². The third-order valence-electron chi connectivity index (χ3n) is 4.05. The number of carboxylic acids is 1. The van der Waals surface area contributed by atoms with E-state index in [1.807, 2.05) is 6.08 Å². The molecule has 94 valence electrons. The smallest absolute Gasteiger partial charge is 0.332 e. The Morgan fingerprint density at radius 2 is 2.29 bits per heavy atom. The Bertz CT molecular complexity index is 368. The van der Waals surface area contributed by atoms with Crippen molar-refractivity contribution < 1.29 is 14.6 Å². The third-order valence-corrected chi connectivity index (χ3v) is 4.05. The topological polar surface area (TPSA) is 46.5 Å². The molecule has 0 aliphatic heterocycles. The summed E-state index contributed by atoms with van der Waals surface area (Å²) in [7, 11) is 1.68. The van der Waals surface area contributed by atoms with Crippen LogP contribution in [0.3, 0.4) is 0 Å². The Labute approximate surface area is 102 Å². The lowest BCUT2D eigenvalue weighted by atomic mass is 9.71. The minimum Gasteiger partial charge on any atom is -0.478 e. The molecule has 2 aliphatic rings. The van der Waals surface area contributed by atoms with E-state index >= 15 is 0 Å². The number of hydrogen-bond acceptors (Lipinski definition) is 2. The van der Waals surface area contributed by atoms with E-state index in [1.165, 1.54) is 5.57 Å². The minimum atomic E-state index is -0.758. The van der Waals surface area contributed by atoms with Crippen LogP contribution in [0.15, 0.2) is 23.3 Å². The van der Waals surface area contributed by atoms with Crippen molar-refractivity contribution in [1.29, 1.82) is 0 Å². The number of carboxylic acid groups (broad SMARTS) is 1. The van der Waals surface area contributed by atoms with Crippen molar-refractivity contribution in [2.75, 3.05) is 13.7 Å². The molecule has 0 heterocycles. The molecule has 0 fully saturated rings. The molecule has 0 saturated heterocycles. The average molecular weight is 236 g/mol. The van der Waals surface area contributed by atoms with Crippen LogP contribution >= 0.6 is 0 Å². The van der Waals surface area contributed by atoms with Gasteiger partial charge in [0, 0.05) is 24.7 Å². The summed E-state index contributed by atoms with van der Waals surface area (Å²) in [4.78, 5) is 11.4. The largest absolute Gasteiger partial charge is 0.478 e. The second-order valence-corrected chi connectivity index (χ2v) is 4.91. The van der Waals surface area contributed by atoms with E-state index in [1.54, 1.807) is 7.11 Å². The molecule has 2 aliphatic carbocycles. The molecule has 0 saturated carbocycles. The molecule has 1 unspecified atom stereocenters. The fraction of sp³-hybridized carbons (Fsp3) is 0.643. The monoisotopic (exact) mass is 236 g/mol. The predicted octanol–water partition coefficient (Wildman–Crippen LogP) is 2.92. The predicted molar refractivity (Wildman–Crippen MR) is 65.8 cm³/mol. The second kappa shape index (κ2) is 5.05. The lowest BCUT2D eigenvalue weighted by Gasteiger charge is -2.32. The van der Waals surface area contributed by atoms with Gasteiger partial charge >= 0.3 is 5.97 Å². The summed E-state index contributed by atoms with van der Waals surface area (Å²) in [6.45, 7) is 0.627. The van der Waals surface area contributed by atoms with E-state index in [4.69, 9.17) is 4.74 Å². The van der Waals surface area contributed by atoms with Crippen molar-refractivity contribution in [2.24, 2.45) is 5.41 Å². The first-order valence-corrected chi connectivity index (χ1v) is 6.33. The Kier molecular flexibility index (Phi) is 3.67. The molecule has 17 heavy (non-hydrogen) atoms. The van der Waals surface area contributed by atoms with Gasteiger partial charge in [0.25, 0.3) is 0 Å². The lowest BCUT2D eigenvalue weighted by molar-refractivity contribution is -0.133. The van der Waals surface area contributed by atoms with Gasteiger partial charge in [0.05, 0.1) is 0 Å². The highest BCUT2D eigenvalue weighted by Gasteiger charge is 2.43. The molecule has 0 radical (unpaired) electrons. The van der Waals surface area contributed by atoms with E-state index in [2.05, 4.69) is 6.08 Å². The zero-order chi connectivity index (χ0) is 12.3. The zero-order valence-electron chi connectivity index (χ0n) is 10.4. The third kappa shape index (κ3) is 2.16. The molecular weight excluding hydrogens is 216 g/mol. The number of rotatable bonds is 5. The van der Waals surface area contributed by atoms with Crippen molar-refractivity contribution in [2.45, 2.75) is 38.5 Å². The minimum absolute atomic E-state index is 0.238.